The zero-order valence-corrected chi connectivity index (χ0v) is 15.6. The number of rotatable bonds is 5. The number of benzene rings is 2. The Kier molecular flexibility index (Phi) is 5.14. The molecule has 1 aromatic heterocycles. The van der Waals surface area contributed by atoms with Gasteiger partial charge in [-0.2, -0.15) is 4.98 Å². The van der Waals surface area contributed by atoms with Gasteiger partial charge in [0.25, 0.3) is 0 Å². The number of aromatic nitrogens is 3. The molecular formula is C21H22N6O. The summed E-state index contributed by atoms with van der Waals surface area (Å²) >= 11 is 0. The molecule has 0 saturated heterocycles. The Labute approximate surface area is 163 Å². The molecule has 0 radical (unpaired) electrons. The van der Waals surface area contributed by atoms with E-state index in [-0.39, 0.29) is 11.7 Å². The van der Waals surface area contributed by atoms with Crippen LogP contribution < -0.4 is 10.6 Å². The Hall–Kier alpha value is -3.48. The van der Waals surface area contributed by atoms with Gasteiger partial charge in [0, 0.05) is 30.1 Å². The van der Waals surface area contributed by atoms with E-state index in [0.717, 1.165) is 30.9 Å². The number of guanidine groups is 1. The van der Waals surface area contributed by atoms with Gasteiger partial charge >= 0.3 is 0 Å². The third-order valence-electron chi connectivity index (χ3n) is 4.73. The predicted molar refractivity (Wildman–Crippen MR) is 109 cm³/mol. The number of anilines is 1. The van der Waals surface area contributed by atoms with E-state index in [2.05, 4.69) is 30.8 Å². The van der Waals surface area contributed by atoms with Gasteiger partial charge in [0.2, 0.25) is 5.95 Å². The fourth-order valence-corrected chi connectivity index (χ4v) is 3.11. The second-order valence-electron chi connectivity index (χ2n) is 6.72. The molecule has 142 valence electrons. The van der Waals surface area contributed by atoms with Crippen LogP contribution in [0, 0.1) is 0 Å². The number of carbonyl (C=O) groups is 1. The highest BCUT2D eigenvalue weighted by atomic mass is 16.1. The van der Waals surface area contributed by atoms with Crippen molar-refractivity contribution >= 4 is 17.7 Å². The van der Waals surface area contributed by atoms with Gasteiger partial charge in [-0.15, -0.1) is 5.10 Å². The monoisotopic (exact) mass is 374 g/mol. The van der Waals surface area contributed by atoms with E-state index in [1.807, 2.05) is 61.5 Å². The number of aromatic amines is 1. The summed E-state index contributed by atoms with van der Waals surface area (Å²) < 4.78 is 0. The third kappa shape index (κ3) is 3.93. The van der Waals surface area contributed by atoms with Crippen LogP contribution in [0.25, 0.3) is 0 Å². The molecule has 0 saturated carbocycles. The highest BCUT2D eigenvalue weighted by Crippen LogP contribution is 2.23. The third-order valence-corrected chi connectivity index (χ3v) is 4.73. The Morgan fingerprint density at radius 1 is 1.11 bits per heavy atom. The number of hydrogen-bond acceptors (Lipinski definition) is 6. The topological polar surface area (TPSA) is 95.1 Å². The lowest BCUT2D eigenvalue weighted by atomic mass is 9.95. The maximum Gasteiger partial charge on any atom is 0.248 e. The second-order valence-corrected chi connectivity index (χ2v) is 6.72. The van der Waals surface area contributed by atoms with Gasteiger partial charge in [-0.25, -0.2) is 0 Å². The molecule has 0 amide bonds. The van der Waals surface area contributed by atoms with Crippen LogP contribution in [-0.2, 0) is 0 Å². The SMILES string of the molecule is CC(c1cccc(C(=O)c2ccccc2)c1)c1nc(NC2=NCCCN2)n[nH]1. The van der Waals surface area contributed by atoms with Gasteiger partial charge in [0.05, 0.1) is 0 Å². The molecule has 0 fully saturated rings. The largest absolute Gasteiger partial charge is 0.356 e. The van der Waals surface area contributed by atoms with Crippen LogP contribution in [0.2, 0.25) is 0 Å². The molecule has 4 rings (SSSR count). The Morgan fingerprint density at radius 3 is 2.71 bits per heavy atom. The van der Waals surface area contributed by atoms with E-state index in [1.54, 1.807) is 0 Å². The molecule has 0 bridgehead atoms. The smallest absolute Gasteiger partial charge is 0.248 e. The van der Waals surface area contributed by atoms with Crippen molar-refractivity contribution < 1.29 is 4.79 Å². The zero-order valence-electron chi connectivity index (χ0n) is 15.6. The van der Waals surface area contributed by atoms with Gasteiger partial charge in [-0.1, -0.05) is 55.5 Å². The number of nitrogens with zero attached hydrogens (tertiary/aromatic N) is 3. The summed E-state index contributed by atoms with van der Waals surface area (Å²) in [6.07, 6.45) is 1.03. The van der Waals surface area contributed by atoms with Gasteiger partial charge in [-0.3, -0.25) is 20.2 Å². The van der Waals surface area contributed by atoms with Gasteiger partial charge in [0.1, 0.15) is 5.82 Å². The van der Waals surface area contributed by atoms with Crippen LogP contribution in [0.5, 0.6) is 0 Å². The molecule has 1 atom stereocenters. The van der Waals surface area contributed by atoms with Crippen molar-refractivity contribution in [2.75, 3.05) is 18.4 Å². The van der Waals surface area contributed by atoms with Crippen molar-refractivity contribution in [3.05, 3.63) is 77.1 Å². The molecule has 0 aliphatic carbocycles. The molecule has 28 heavy (non-hydrogen) atoms. The van der Waals surface area contributed by atoms with Crippen LogP contribution in [0.15, 0.2) is 59.6 Å². The van der Waals surface area contributed by atoms with Crippen molar-refractivity contribution in [1.29, 1.82) is 0 Å². The molecule has 0 spiro atoms. The van der Waals surface area contributed by atoms with E-state index >= 15 is 0 Å². The number of ketones is 1. The summed E-state index contributed by atoms with van der Waals surface area (Å²) in [6, 6.07) is 17.0. The minimum Gasteiger partial charge on any atom is -0.356 e. The molecule has 7 heteroatoms. The number of carbonyl (C=O) groups excluding carboxylic acids is 1. The number of aliphatic imine (C=N–C) groups is 1. The van der Waals surface area contributed by atoms with Crippen molar-refractivity contribution in [1.82, 2.24) is 20.5 Å². The van der Waals surface area contributed by atoms with Gasteiger partial charge in [-0.05, 0) is 18.1 Å². The quantitative estimate of drug-likeness (QED) is 0.597. The maximum absolute atomic E-state index is 12.7. The van der Waals surface area contributed by atoms with Gasteiger partial charge in [0.15, 0.2) is 11.7 Å². The predicted octanol–water partition coefficient (Wildman–Crippen LogP) is 2.95. The highest BCUT2D eigenvalue weighted by Gasteiger charge is 2.17. The van der Waals surface area contributed by atoms with E-state index in [0.29, 0.717) is 23.0 Å². The average Bonchev–Trinajstić information content (AvgIpc) is 3.22. The molecule has 3 N–H and O–H groups in total. The lowest BCUT2D eigenvalue weighted by molar-refractivity contribution is 0.103. The maximum atomic E-state index is 12.7. The van der Waals surface area contributed by atoms with E-state index in [4.69, 9.17) is 0 Å². The zero-order chi connectivity index (χ0) is 19.3. The first-order valence-electron chi connectivity index (χ1n) is 9.38. The van der Waals surface area contributed by atoms with Crippen molar-refractivity contribution in [2.24, 2.45) is 4.99 Å². The number of nitrogens with one attached hydrogen (secondary N) is 3. The Morgan fingerprint density at radius 2 is 1.93 bits per heavy atom. The molecule has 1 aliphatic rings. The van der Waals surface area contributed by atoms with Crippen LogP contribution in [0.4, 0.5) is 5.95 Å². The fourth-order valence-electron chi connectivity index (χ4n) is 3.11. The van der Waals surface area contributed by atoms with Crippen LogP contribution in [0.3, 0.4) is 0 Å². The lowest BCUT2D eigenvalue weighted by Crippen LogP contribution is -2.35. The second kappa shape index (κ2) is 8.04. The first-order chi connectivity index (χ1) is 13.7. The van der Waals surface area contributed by atoms with E-state index in [9.17, 15) is 4.79 Å². The van der Waals surface area contributed by atoms with E-state index in [1.165, 1.54) is 0 Å². The molecular weight excluding hydrogens is 352 g/mol. The minimum atomic E-state index is -0.0344. The molecule has 2 heterocycles. The first-order valence-corrected chi connectivity index (χ1v) is 9.38. The highest BCUT2D eigenvalue weighted by molar-refractivity contribution is 6.09. The first kappa shape index (κ1) is 17.9. The molecule has 1 aliphatic heterocycles. The Bertz CT molecular complexity index is 995. The summed E-state index contributed by atoms with van der Waals surface area (Å²) in [4.78, 5) is 21.6. The summed E-state index contributed by atoms with van der Waals surface area (Å²) in [5, 5.41) is 13.5. The standard InChI is InChI=1S/C21H22N6O/c1-14(19-24-21(27-26-19)25-20-22-11-6-12-23-20)16-9-5-10-17(13-16)18(28)15-7-3-2-4-8-15/h2-5,7-10,13-14H,6,11-12H2,1H3,(H3,22,23,24,25,26,27). The average molecular weight is 374 g/mol. The minimum absolute atomic E-state index is 0.0101. The number of hydrogen-bond donors (Lipinski definition) is 3. The van der Waals surface area contributed by atoms with Crippen molar-refractivity contribution in [3.63, 3.8) is 0 Å². The van der Waals surface area contributed by atoms with Crippen LogP contribution in [0.1, 0.15) is 46.6 Å². The summed E-state index contributed by atoms with van der Waals surface area (Å²) in [6.45, 7) is 3.72. The van der Waals surface area contributed by atoms with Crippen molar-refractivity contribution in [2.45, 2.75) is 19.3 Å². The van der Waals surface area contributed by atoms with E-state index < -0.39 is 0 Å². The molecule has 3 aromatic rings. The summed E-state index contributed by atoms with van der Waals surface area (Å²) in [5.41, 5.74) is 2.34. The summed E-state index contributed by atoms with van der Waals surface area (Å²) in [7, 11) is 0. The van der Waals surface area contributed by atoms with Crippen molar-refractivity contribution in [3.8, 4) is 0 Å². The van der Waals surface area contributed by atoms with Crippen LogP contribution >= 0.6 is 0 Å². The van der Waals surface area contributed by atoms with Crippen LogP contribution in [-0.4, -0.2) is 40.0 Å². The normalized spacial score (nSPS) is 14.7. The fraction of sp³-hybridized carbons (Fsp3) is 0.238. The number of H-pyrrole nitrogens is 1. The lowest BCUT2D eigenvalue weighted by Gasteiger charge is -2.13. The Balaban J connectivity index is 1.51. The molecule has 1 unspecified atom stereocenters. The summed E-state index contributed by atoms with van der Waals surface area (Å²) in [5.74, 6) is 1.87. The van der Waals surface area contributed by atoms with Gasteiger partial charge < -0.3 is 5.32 Å². The molecule has 2 aromatic carbocycles. The molecule has 7 nitrogen and oxygen atoms in total.